The molecule has 2 aromatic carbocycles. The van der Waals surface area contributed by atoms with E-state index in [1.165, 1.54) is 22.3 Å². The summed E-state index contributed by atoms with van der Waals surface area (Å²) in [4.78, 5) is 0. The van der Waals surface area contributed by atoms with Crippen LogP contribution in [0.2, 0.25) is 5.02 Å². The van der Waals surface area contributed by atoms with E-state index in [1.54, 1.807) is 0 Å². The standard InChI is InChI=1S/C15H16ClN/c1-10-3-4-12(7-11(10)2)8-13-5-6-14(16)15(17)9-13/h3-7,9H,8,17H2,1-2H3. The molecule has 0 bridgehead atoms. The quantitative estimate of drug-likeness (QED) is 0.791. The van der Waals surface area contributed by atoms with Crippen molar-refractivity contribution in [3.8, 4) is 0 Å². The summed E-state index contributed by atoms with van der Waals surface area (Å²) in [6, 6.07) is 12.4. The van der Waals surface area contributed by atoms with Gasteiger partial charge < -0.3 is 5.73 Å². The molecule has 2 rings (SSSR count). The Kier molecular flexibility index (Phi) is 3.39. The molecule has 0 saturated carbocycles. The maximum atomic E-state index is 5.90. The molecule has 0 aliphatic rings. The minimum absolute atomic E-state index is 0.619. The highest BCUT2D eigenvalue weighted by molar-refractivity contribution is 6.33. The molecule has 2 heteroatoms. The summed E-state index contributed by atoms with van der Waals surface area (Å²) in [6.07, 6.45) is 0.891. The van der Waals surface area contributed by atoms with Gasteiger partial charge in [0, 0.05) is 0 Å². The first-order valence-corrected chi connectivity index (χ1v) is 6.04. The molecule has 0 heterocycles. The molecule has 2 N–H and O–H groups in total. The number of rotatable bonds is 2. The van der Waals surface area contributed by atoms with Crippen LogP contribution in [0.1, 0.15) is 22.3 Å². The molecule has 0 aromatic heterocycles. The highest BCUT2D eigenvalue weighted by Crippen LogP contribution is 2.21. The number of aryl methyl sites for hydroxylation is 2. The lowest BCUT2D eigenvalue weighted by atomic mass is 10.0. The van der Waals surface area contributed by atoms with Crippen molar-refractivity contribution in [2.45, 2.75) is 20.3 Å². The van der Waals surface area contributed by atoms with Gasteiger partial charge in [0.25, 0.3) is 0 Å². The summed E-state index contributed by atoms with van der Waals surface area (Å²) in [5.41, 5.74) is 11.6. The molecule has 0 amide bonds. The molecule has 2 aromatic rings. The van der Waals surface area contributed by atoms with Gasteiger partial charge >= 0.3 is 0 Å². The lowest BCUT2D eigenvalue weighted by Crippen LogP contribution is -1.93. The number of nitrogen functional groups attached to an aromatic ring is 1. The normalized spacial score (nSPS) is 10.5. The summed E-state index contributed by atoms with van der Waals surface area (Å²) in [5.74, 6) is 0. The van der Waals surface area contributed by atoms with E-state index in [4.69, 9.17) is 17.3 Å². The van der Waals surface area contributed by atoms with Gasteiger partial charge in [-0.2, -0.15) is 0 Å². The second kappa shape index (κ2) is 4.80. The van der Waals surface area contributed by atoms with Gasteiger partial charge in [-0.25, -0.2) is 0 Å². The van der Waals surface area contributed by atoms with Gasteiger partial charge in [-0.05, 0) is 54.7 Å². The number of benzene rings is 2. The maximum Gasteiger partial charge on any atom is 0.0635 e. The minimum atomic E-state index is 0.619. The molecule has 17 heavy (non-hydrogen) atoms. The molecule has 0 saturated heterocycles. The van der Waals surface area contributed by atoms with Crippen LogP contribution in [0.4, 0.5) is 5.69 Å². The van der Waals surface area contributed by atoms with Crippen LogP contribution in [0.5, 0.6) is 0 Å². The molecule has 0 spiro atoms. The van der Waals surface area contributed by atoms with Gasteiger partial charge in [0.2, 0.25) is 0 Å². The fourth-order valence-corrected chi connectivity index (χ4v) is 1.97. The molecule has 0 atom stereocenters. The average Bonchev–Trinajstić information content (AvgIpc) is 2.29. The summed E-state index contributed by atoms with van der Waals surface area (Å²) in [5, 5.41) is 0.619. The van der Waals surface area contributed by atoms with Crippen molar-refractivity contribution in [1.29, 1.82) is 0 Å². The van der Waals surface area contributed by atoms with E-state index >= 15 is 0 Å². The Labute approximate surface area is 107 Å². The van der Waals surface area contributed by atoms with Crippen molar-refractivity contribution in [3.05, 3.63) is 63.7 Å². The molecule has 0 aliphatic carbocycles. The molecule has 1 nitrogen and oxygen atoms in total. The SMILES string of the molecule is Cc1ccc(Cc2ccc(Cl)c(N)c2)cc1C. The Morgan fingerprint density at radius 2 is 1.59 bits per heavy atom. The third kappa shape index (κ3) is 2.80. The highest BCUT2D eigenvalue weighted by atomic mass is 35.5. The van der Waals surface area contributed by atoms with E-state index in [2.05, 4.69) is 32.0 Å². The molecule has 0 aliphatic heterocycles. The fourth-order valence-electron chi connectivity index (χ4n) is 1.85. The monoisotopic (exact) mass is 245 g/mol. The Bertz CT molecular complexity index is 497. The third-order valence-electron chi connectivity index (χ3n) is 3.04. The zero-order chi connectivity index (χ0) is 12.4. The van der Waals surface area contributed by atoms with E-state index in [1.807, 2.05) is 18.2 Å². The second-order valence-corrected chi connectivity index (χ2v) is 4.86. The predicted octanol–water partition coefficient (Wildman–Crippen LogP) is 4.13. The number of anilines is 1. The first-order chi connectivity index (χ1) is 8.06. The van der Waals surface area contributed by atoms with Crippen LogP contribution in [0, 0.1) is 13.8 Å². The molecular formula is C15H16ClN. The van der Waals surface area contributed by atoms with E-state index in [-0.39, 0.29) is 0 Å². The van der Waals surface area contributed by atoms with Crippen molar-refractivity contribution in [1.82, 2.24) is 0 Å². The summed E-state index contributed by atoms with van der Waals surface area (Å²) in [7, 11) is 0. The Morgan fingerprint density at radius 3 is 2.24 bits per heavy atom. The Morgan fingerprint density at radius 1 is 0.941 bits per heavy atom. The van der Waals surface area contributed by atoms with Crippen molar-refractivity contribution in [2.75, 3.05) is 5.73 Å². The summed E-state index contributed by atoms with van der Waals surface area (Å²) in [6.45, 7) is 4.26. The predicted molar refractivity (Wildman–Crippen MR) is 74.6 cm³/mol. The van der Waals surface area contributed by atoms with Gasteiger partial charge in [0.05, 0.1) is 10.7 Å². The van der Waals surface area contributed by atoms with Gasteiger partial charge in [-0.15, -0.1) is 0 Å². The molecule has 0 unspecified atom stereocenters. The number of nitrogens with two attached hydrogens (primary N) is 1. The zero-order valence-electron chi connectivity index (χ0n) is 10.1. The summed E-state index contributed by atoms with van der Waals surface area (Å²) >= 11 is 5.90. The van der Waals surface area contributed by atoms with Crippen molar-refractivity contribution >= 4 is 17.3 Å². The smallest absolute Gasteiger partial charge is 0.0635 e. The molecule has 0 radical (unpaired) electrons. The highest BCUT2D eigenvalue weighted by Gasteiger charge is 2.01. The Hall–Kier alpha value is -1.47. The number of hydrogen-bond donors (Lipinski definition) is 1. The van der Waals surface area contributed by atoms with Crippen LogP contribution < -0.4 is 5.73 Å². The third-order valence-corrected chi connectivity index (χ3v) is 3.38. The van der Waals surface area contributed by atoms with Crippen LogP contribution in [0.3, 0.4) is 0 Å². The molecule has 0 fully saturated rings. The number of halogens is 1. The van der Waals surface area contributed by atoms with Crippen molar-refractivity contribution in [2.24, 2.45) is 0 Å². The fraction of sp³-hybridized carbons (Fsp3) is 0.200. The van der Waals surface area contributed by atoms with Crippen molar-refractivity contribution in [3.63, 3.8) is 0 Å². The van der Waals surface area contributed by atoms with Crippen LogP contribution in [-0.4, -0.2) is 0 Å². The van der Waals surface area contributed by atoms with Crippen LogP contribution in [0.15, 0.2) is 36.4 Å². The first kappa shape index (κ1) is 12.0. The largest absolute Gasteiger partial charge is 0.398 e. The lowest BCUT2D eigenvalue weighted by Gasteiger charge is -2.07. The van der Waals surface area contributed by atoms with Gasteiger partial charge in [0.15, 0.2) is 0 Å². The van der Waals surface area contributed by atoms with Crippen molar-refractivity contribution < 1.29 is 0 Å². The van der Waals surface area contributed by atoms with E-state index in [0.29, 0.717) is 10.7 Å². The molecular weight excluding hydrogens is 230 g/mol. The molecule has 88 valence electrons. The van der Waals surface area contributed by atoms with E-state index in [9.17, 15) is 0 Å². The maximum absolute atomic E-state index is 5.90. The van der Waals surface area contributed by atoms with Crippen LogP contribution in [-0.2, 0) is 6.42 Å². The summed E-state index contributed by atoms with van der Waals surface area (Å²) < 4.78 is 0. The lowest BCUT2D eigenvalue weighted by molar-refractivity contribution is 1.17. The first-order valence-electron chi connectivity index (χ1n) is 5.66. The van der Waals surface area contributed by atoms with Gasteiger partial charge in [-0.1, -0.05) is 35.9 Å². The minimum Gasteiger partial charge on any atom is -0.398 e. The average molecular weight is 246 g/mol. The Balaban J connectivity index is 2.25. The second-order valence-electron chi connectivity index (χ2n) is 4.45. The zero-order valence-corrected chi connectivity index (χ0v) is 10.9. The van der Waals surface area contributed by atoms with E-state index in [0.717, 1.165) is 6.42 Å². The van der Waals surface area contributed by atoms with Gasteiger partial charge in [-0.3, -0.25) is 0 Å². The number of hydrogen-bond acceptors (Lipinski definition) is 1. The van der Waals surface area contributed by atoms with E-state index < -0.39 is 0 Å². The van der Waals surface area contributed by atoms with Crippen LogP contribution in [0.25, 0.3) is 0 Å². The topological polar surface area (TPSA) is 26.0 Å². The van der Waals surface area contributed by atoms with Crippen LogP contribution >= 0.6 is 11.6 Å². The van der Waals surface area contributed by atoms with Gasteiger partial charge in [0.1, 0.15) is 0 Å².